The maximum absolute atomic E-state index is 10.6. The minimum atomic E-state index is -1.04. The fraction of sp³-hybridized carbons (Fsp3) is 0.250. The summed E-state index contributed by atoms with van der Waals surface area (Å²) >= 11 is 0. The monoisotopic (exact) mass is 238 g/mol. The van der Waals surface area contributed by atoms with Crippen LogP contribution in [-0.4, -0.2) is 25.3 Å². The Labute approximate surface area is 99.2 Å². The van der Waals surface area contributed by atoms with Crippen molar-refractivity contribution in [2.24, 2.45) is 0 Å². The highest BCUT2D eigenvalue weighted by Crippen LogP contribution is 2.36. The SMILES string of the molecule is COc1cccc(OC)c1OC=C(C)C(=O)O. The number of rotatable bonds is 5. The van der Waals surface area contributed by atoms with Crippen LogP contribution < -0.4 is 14.2 Å². The van der Waals surface area contributed by atoms with E-state index in [1.165, 1.54) is 21.1 Å². The lowest BCUT2D eigenvalue weighted by Crippen LogP contribution is -1.99. The topological polar surface area (TPSA) is 65.0 Å². The summed E-state index contributed by atoms with van der Waals surface area (Å²) in [6.07, 6.45) is 1.14. The minimum absolute atomic E-state index is 0.0814. The summed E-state index contributed by atoms with van der Waals surface area (Å²) in [5, 5.41) is 8.70. The Bertz CT molecular complexity index is 414. The summed E-state index contributed by atoms with van der Waals surface area (Å²) in [6, 6.07) is 5.14. The second kappa shape index (κ2) is 5.79. The fourth-order valence-electron chi connectivity index (χ4n) is 1.13. The quantitative estimate of drug-likeness (QED) is 0.628. The molecule has 0 unspecified atom stereocenters. The molecular formula is C12H14O5. The highest BCUT2D eigenvalue weighted by Gasteiger charge is 2.11. The molecule has 0 fully saturated rings. The zero-order valence-corrected chi connectivity index (χ0v) is 9.89. The summed E-state index contributed by atoms with van der Waals surface area (Å²) in [7, 11) is 2.99. The highest BCUT2D eigenvalue weighted by molar-refractivity contribution is 5.85. The molecule has 1 aromatic rings. The van der Waals surface area contributed by atoms with Crippen LogP contribution in [0.1, 0.15) is 6.92 Å². The number of carboxylic acid groups (broad SMARTS) is 1. The number of benzene rings is 1. The van der Waals surface area contributed by atoms with Crippen LogP contribution in [-0.2, 0) is 4.79 Å². The molecule has 0 aliphatic rings. The molecule has 0 radical (unpaired) electrons. The van der Waals surface area contributed by atoms with Crippen LogP contribution in [0.4, 0.5) is 0 Å². The van der Waals surface area contributed by atoms with E-state index in [1.807, 2.05) is 0 Å². The normalized spacial score (nSPS) is 10.9. The molecule has 0 amide bonds. The van der Waals surface area contributed by atoms with Gasteiger partial charge in [-0.25, -0.2) is 4.79 Å². The van der Waals surface area contributed by atoms with E-state index in [0.29, 0.717) is 17.2 Å². The summed E-state index contributed by atoms with van der Waals surface area (Å²) < 4.78 is 15.5. The van der Waals surface area contributed by atoms with Crippen molar-refractivity contribution in [1.82, 2.24) is 0 Å². The lowest BCUT2D eigenvalue weighted by Gasteiger charge is -2.11. The largest absolute Gasteiger partial charge is 0.493 e. The van der Waals surface area contributed by atoms with E-state index in [-0.39, 0.29) is 5.57 Å². The van der Waals surface area contributed by atoms with E-state index in [9.17, 15) is 4.79 Å². The van der Waals surface area contributed by atoms with Gasteiger partial charge in [0.25, 0.3) is 0 Å². The molecule has 5 nitrogen and oxygen atoms in total. The van der Waals surface area contributed by atoms with Crippen LogP contribution in [0, 0.1) is 0 Å². The molecule has 0 atom stereocenters. The van der Waals surface area contributed by atoms with Crippen molar-refractivity contribution in [3.63, 3.8) is 0 Å². The van der Waals surface area contributed by atoms with E-state index in [0.717, 1.165) is 6.26 Å². The average molecular weight is 238 g/mol. The van der Waals surface area contributed by atoms with Gasteiger partial charge in [0.15, 0.2) is 11.5 Å². The Morgan fingerprint density at radius 2 is 1.76 bits per heavy atom. The van der Waals surface area contributed by atoms with E-state index < -0.39 is 5.97 Å². The van der Waals surface area contributed by atoms with Crippen LogP contribution >= 0.6 is 0 Å². The standard InChI is InChI=1S/C12H14O5/c1-8(12(13)14)7-17-11-9(15-2)5-4-6-10(11)16-3/h4-7H,1-3H3,(H,13,14). The van der Waals surface area contributed by atoms with Crippen molar-refractivity contribution in [2.45, 2.75) is 6.92 Å². The van der Waals surface area contributed by atoms with E-state index in [1.54, 1.807) is 18.2 Å². The van der Waals surface area contributed by atoms with Crippen LogP contribution in [0.3, 0.4) is 0 Å². The number of hydrogen-bond donors (Lipinski definition) is 1. The molecule has 1 rings (SSSR count). The molecule has 0 aliphatic carbocycles. The van der Waals surface area contributed by atoms with Gasteiger partial charge in [0.2, 0.25) is 5.75 Å². The molecule has 5 heteroatoms. The van der Waals surface area contributed by atoms with Crippen LogP contribution in [0.5, 0.6) is 17.2 Å². The van der Waals surface area contributed by atoms with Crippen molar-refractivity contribution in [3.8, 4) is 17.2 Å². The molecular weight excluding hydrogens is 224 g/mol. The number of carbonyl (C=O) groups is 1. The number of aliphatic carboxylic acids is 1. The number of para-hydroxylation sites is 1. The predicted octanol–water partition coefficient (Wildman–Crippen LogP) is 2.07. The van der Waals surface area contributed by atoms with Gasteiger partial charge in [-0.2, -0.15) is 0 Å². The average Bonchev–Trinajstić information content (AvgIpc) is 2.34. The first-order chi connectivity index (χ1) is 8.10. The third kappa shape index (κ3) is 3.14. The van der Waals surface area contributed by atoms with Gasteiger partial charge in [-0.1, -0.05) is 6.07 Å². The minimum Gasteiger partial charge on any atom is -0.493 e. The Morgan fingerprint density at radius 3 is 2.18 bits per heavy atom. The van der Waals surface area contributed by atoms with Gasteiger partial charge in [-0.05, 0) is 19.1 Å². The van der Waals surface area contributed by atoms with Gasteiger partial charge in [-0.3, -0.25) is 0 Å². The van der Waals surface area contributed by atoms with Gasteiger partial charge in [-0.15, -0.1) is 0 Å². The third-order valence-corrected chi connectivity index (χ3v) is 2.07. The first-order valence-electron chi connectivity index (χ1n) is 4.87. The predicted molar refractivity (Wildman–Crippen MR) is 61.6 cm³/mol. The Hall–Kier alpha value is -2.17. The van der Waals surface area contributed by atoms with Gasteiger partial charge in [0, 0.05) is 0 Å². The molecule has 0 spiro atoms. The number of methoxy groups -OCH3 is 2. The summed E-state index contributed by atoms with van der Waals surface area (Å²) in [4.78, 5) is 10.6. The molecule has 0 saturated carbocycles. The lowest BCUT2D eigenvalue weighted by molar-refractivity contribution is -0.132. The molecule has 0 heterocycles. The maximum Gasteiger partial charge on any atom is 0.334 e. The zero-order valence-electron chi connectivity index (χ0n) is 9.89. The fourth-order valence-corrected chi connectivity index (χ4v) is 1.13. The number of ether oxygens (including phenoxy) is 3. The zero-order chi connectivity index (χ0) is 12.8. The van der Waals surface area contributed by atoms with Crippen molar-refractivity contribution in [3.05, 3.63) is 30.0 Å². The molecule has 1 N–H and O–H groups in total. The summed E-state index contributed by atoms with van der Waals surface area (Å²) in [6.45, 7) is 1.43. The summed E-state index contributed by atoms with van der Waals surface area (Å²) in [5.41, 5.74) is 0.0814. The second-order valence-corrected chi connectivity index (χ2v) is 3.22. The van der Waals surface area contributed by atoms with E-state index in [2.05, 4.69) is 0 Å². The Balaban J connectivity index is 3.03. The van der Waals surface area contributed by atoms with Gasteiger partial charge in [0.1, 0.15) is 6.26 Å². The number of carboxylic acids is 1. The van der Waals surface area contributed by atoms with Crippen molar-refractivity contribution >= 4 is 5.97 Å². The molecule has 0 aromatic heterocycles. The summed E-state index contributed by atoms with van der Waals surface area (Å²) in [5.74, 6) is 0.245. The highest BCUT2D eigenvalue weighted by atomic mass is 16.5. The molecule has 0 aliphatic heterocycles. The van der Waals surface area contributed by atoms with Crippen molar-refractivity contribution in [2.75, 3.05) is 14.2 Å². The molecule has 1 aromatic carbocycles. The number of hydrogen-bond acceptors (Lipinski definition) is 4. The van der Waals surface area contributed by atoms with E-state index >= 15 is 0 Å². The van der Waals surface area contributed by atoms with Gasteiger partial charge < -0.3 is 19.3 Å². The molecule has 0 saturated heterocycles. The smallest absolute Gasteiger partial charge is 0.334 e. The first kappa shape index (κ1) is 12.9. The van der Waals surface area contributed by atoms with Crippen LogP contribution in [0.2, 0.25) is 0 Å². The van der Waals surface area contributed by atoms with Crippen LogP contribution in [0.25, 0.3) is 0 Å². The first-order valence-corrected chi connectivity index (χ1v) is 4.87. The molecule has 0 bridgehead atoms. The van der Waals surface area contributed by atoms with Gasteiger partial charge >= 0.3 is 5.97 Å². The third-order valence-electron chi connectivity index (χ3n) is 2.07. The maximum atomic E-state index is 10.6. The van der Waals surface area contributed by atoms with Crippen molar-refractivity contribution < 1.29 is 24.1 Å². The lowest BCUT2D eigenvalue weighted by atomic mass is 10.3. The Kier molecular flexibility index (Phi) is 4.39. The van der Waals surface area contributed by atoms with E-state index in [4.69, 9.17) is 19.3 Å². The van der Waals surface area contributed by atoms with Gasteiger partial charge in [0.05, 0.1) is 19.8 Å². The Morgan fingerprint density at radius 1 is 1.24 bits per heavy atom. The molecule has 92 valence electrons. The second-order valence-electron chi connectivity index (χ2n) is 3.22. The molecule has 17 heavy (non-hydrogen) atoms. The van der Waals surface area contributed by atoms with Crippen molar-refractivity contribution in [1.29, 1.82) is 0 Å². The van der Waals surface area contributed by atoms with Crippen LogP contribution in [0.15, 0.2) is 30.0 Å².